The highest BCUT2D eigenvalue weighted by Gasteiger charge is 2.56. The monoisotopic (exact) mass is 515 g/mol. The molecule has 2 aromatic carbocycles. The molecule has 10 heteroatoms. The van der Waals surface area contributed by atoms with Crippen LogP contribution in [0.4, 0.5) is 5.82 Å². The molecule has 0 aliphatic carbocycles. The van der Waals surface area contributed by atoms with E-state index in [1.165, 1.54) is 6.33 Å². The highest BCUT2D eigenvalue weighted by molar-refractivity contribution is 5.82. The van der Waals surface area contributed by atoms with Gasteiger partial charge in [0.2, 0.25) is 0 Å². The molecular weight excluding hydrogens is 486 g/mol. The van der Waals surface area contributed by atoms with Crippen molar-refractivity contribution in [1.82, 2.24) is 19.5 Å². The van der Waals surface area contributed by atoms with Gasteiger partial charge in [0.25, 0.3) is 0 Å². The van der Waals surface area contributed by atoms with Crippen LogP contribution in [0.3, 0.4) is 0 Å². The average molecular weight is 516 g/mol. The summed E-state index contributed by atoms with van der Waals surface area (Å²) in [4.78, 5) is 13.4. The Morgan fingerprint density at radius 2 is 1.82 bits per heavy atom. The van der Waals surface area contributed by atoms with Crippen LogP contribution in [0.1, 0.15) is 31.2 Å². The summed E-state index contributed by atoms with van der Waals surface area (Å²) < 4.78 is 25.9. The number of ether oxygens (including phenoxy) is 4. The maximum absolute atomic E-state index is 9.81. The second-order valence-corrected chi connectivity index (χ2v) is 9.75. The van der Waals surface area contributed by atoms with Crippen LogP contribution in [-0.4, -0.2) is 55.3 Å². The van der Waals surface area contributed by atoms with E-state index >= 15 is 0 Å². The topological polar surface area (TPSA) is 113 Å². The third-order valence-electron chi connectivity index (χ3n) is 6.66. The molecule has 1 unspecified atom stereocenters. The summed E-state index contributed by atoms with van der Waals surface area (Å²) in [6, 6.07) is 17.6. The highest BCUT2D eigenvalue weighted by Crippen LogP contribution is 2.43. The number of anilines is 1. The Labute approximate surface area is 219 Å². The van der Waals surface area contributed by atoms with Crippen molar-refractivity contribution < 1.29 is 24.1 Å². The Morgan fingerprint density at radius 1 is 1.05 bits per heavy atom. The fourth-order valence-electron chi connectivity index (χ4n) is 4.88. The molecule has 2 aliphatic rings. The lowest BCUT2D eigenvalue weighted by molar-refractivity contribution is -0.199. The zero-order valence-corrected chi connectivity index (χ0v) is 21.2. The number of hydrogen-bond donors (Lipinski definition) is 2. The molecule has 0 radical (unpaired) electrons. The molecule has 2 saturated heterocycles. The summed E-state index contributed by atoms with van der Waals surface area (Å²) in [5.41, 5.74) is 3.19. The molecule has 4 heterocycles. The summed E-state index contributed by atoms with van der Waals surface area (Å²) in [5.74, 6) is 1.14. The molecule has 6 rings (SSSR count). The molecule has 10 nitrogen and oxygen atoms in total. The van der Waals surface area contributed by atoms with Crippen LogP contribution < -0.4 is 10.1 Å². The first-order chi connectivity index (χ1) is 18.4. The number of aromatic nitrogens is 4. The molecule has 4 aromatic rings. The van der Waals surface area contributed by atoms with Gasteiger partial charge >= 0.3 is 0 Å². The van der Waals surface area contributed by atoms with Gasteiger partial charge in [0, 0.05) is 12.1 Å². The Bertz CT molecular complexity index is 1440. The van der Waals surface area contributed by atoms with Crippen LogP contribution in [0.5, 0.6) is 5.75 Å². The van der Waals surface area contributed by atoms with Gasteiger partial charge in [-0.3, -0.25) is 4.57 Å². The van der Waals surface area contributed by atoms with Crippen molar-refractivity contribution in [3.05, 3.63) is 85.0 Å². The van der Waals surface area contributed by atoms with E-state index in [9.17, 15) is 5.11 Å². The molecule has 0 bridgehead atoms. The number of fused-ring (bicyclic) bond motifs is 2. The third-order valence-corrected chi connectivity index (χ3v) is 6.66. The van der Waals surface area contributed by atoms with Gasteiger partial charge in [0.15, 0.2) is 29.0 Å². The van der Waals surface area contributed by atoms with E-state index in [2.05, 4.69) is 26.8 Å². The maximum atomic E-state index is 9.81. The normalized spacial score (nSPS) is 23.9. The van der Waals surface area contributed by atoms with Crippen molar-refractivity contribution in [3.8, 4) is 5.75 Å². The zero-order chi connectivity index (χ0) is 26.3. The van der Waals surface area contributed by atoms with Crippen LogP contribution in [0.15, 0.2) is 73.8 Å². The fraction of sp³-hybridized carbons (Fsp3) is 0.321. The second kappa shape index (κ2) is 9.80. The predicted molar refractivity (Wildman–Crippen MR) is 140 cm³/mol. The fourth-order valence-corrected chi connectivity index (χ4v) is 4.88. The highest BCUT2D eigenvalue weighted by atomic mass is 16.8. The molecule has 196 valence electrons. The summed E-state index contributed by atoms with van der Waals surface area (Å²) in [6.07, 6.45) is 1.33. The van der Waals surface area contributed by atoms with Crippen molar-refractivity contribution >= 4 is 22.7 Å². The quantitative estimate of drug-likeness (QED) is 0.337. The molecular formula is C28H29N5O5. The molecule has 0 saturated carbocycles. The molecule has 0 spiro atoms. The average Bonchev–Trinajstić information content (AvgIpc) is 3.59. The van der Waals surface area contributed by atoms with Crippen LogP contribution in [0, 0.1) is 0 Å². The summed E-state index contributed by atoms with van der Waals surface area (Å²) in [5, 5.41) is 13.2. The van der Waals surface area contributed by atoms with E-state index in [-0.39, 0.29) is 12.7 Å². The molecule has 2 fully saturated rings. The standard InChI is InChI=1S/C28H29N5O5/c1-17(19-7-5-4-6-8-19)35-20-11-9-18(10-12-20)13-29-25-22-26(31-15-30-25)33(16-32-22)27-24-23(21(14-34)36-27)37-28(2,3)38-24/h4-12,15-16,21,23-24,27,34H,1,13-14H2,2-3H3,(H,29,30,31)/t21-,23+,24?,27-/m1/s1. The first-order valence-electron chi connectivity index (χ1n) is 12.5. The van der Waals surface area contributed by atoms with E-state index in [4.69, 9.17) is 18.9 Å². The van der Waals surface area contributed by atoms with Gasteiger partial charge in [-0.1, -0.05) is 49.0 Å². The Kier molecular flexibility index (Phi) is 6.32. The Balaban J connectivity index is 1.15. The van der Waals surface area contributed by atoms with E-state index < -0.39 is 24.2 Å². The third kappa shape index (κ3) is 4.63. The minimum absolute atomic E-state index is 0.171. The van der Waals surface area contributed by atoms with Crippen LogP contribution >= 0.6 is 0 Å². The SMILES string of the molecule is C=C(Oc1ccc(CNc2ncnc3c2ncn3[C@@H]2O[C@H](CO)[C@@H]3OC(C)(C)OC32)cc1)c1ccccc1. The van der Waals surface area contributed by atoms with Crippen LogP contribution in [0.2, 0.25) is 0 Å². The van der Waals surface area contributed by atoms with Crippen molar-refractivity contribution in [3.63, 3.8) is 0 Å². The summed E-state index contributed by atoms with van der Waals surface area (Å²) in [7, 11) is 0. The number of nitrogens with zero attached hydrogens (tertiary/aromatic N) is 4. The maximum Gasteiger partial charge on any atom is 0.167 e. The predicted octanol–water partition coefficient (Wildman–Crippen LogP) is 3.90. The zero-order valence-electron chi connectivity index (χ0n) is 21.2. The van der Waals surface area contributed by atoms with Crippen LogP contribution in [0.25, 0.3) is 16.9 Å². The molecule has 38 heavy (non-hydrogen) atoms. The molecule has 2 aliphatic heterocycles. The number of aliphatic hydroxyl groups is 1. The molecule has 2 aromatic heterocycles. The smallest absolute Gasteiger partial charge is 0.167 e. The number of hydrogen-bond acceptors (Lipinski definition) is 9. The Hall–Kier alpha value is -3.83. The summed E-state index contributed by atoms with van der Waals surface area (Å²) >= 11 is 0. The van der Waals surface area contributed by atoms with Gasteiger partial charge in [0.05, 0.1) is 12.9 Å². The van der Waals surface area contributed by atoms with Crippen molar-refractivity contribution in [2.75, 3.05) is 11.9 Å². The van der Waals surface area contributed by atoms with Crippen molar-refractivity contribution in [2.45, 2.75) is 50.7 Å². The van der Waals surface area contributed by atoms with Gasteiger partial charge in [-0.15, -0.1) is 0 Å². The van der Waals surface area contributed by atoms with Gasteiger partial charge < -0.3 is 29.4 Å². The van der Waals surface area contributed by atoms with Gasteiger partial charge in [-0.2, -0.15) is 0 Å². The number of imidazole rings is 1. The lowest BCUT2D eigenvalue weighted by atomic mass is 10.1. The van der Waals surface area contributed by atoms with E-state index in [0.29, 0.717) is 35.0 Å². The van der Waals surface area contributed by atoms with Crippen LogP contribution in [-0.2, 0) is 20.8 Å². The second-order valence-electron chi connectivity index (χ2n) is 9.75. The van der Waals surface area contributed by atoms with E-state index in [1.54, 1.807) is 6.33 Å². The van der Waals surface area contributed by atoms with E-state index in [0.717, 1.165) is 11.1 Å². The molecule has 4 atom stereocenters. The van der Waals surface area contributed by atoms with Gasteiger partial charge in [0.1, 0.15) is 36.1 Å². The minimum atomic E-state index is -0.766. The molecule has 0 amide bonds. The minimum Gasteiger partial charge on any atom is -0.457 e. The first-order valence-corrected chi connectivity index (χ1v) is 12.5. The number of benzene rings is 2. The first kappa shape index (κ1) is 24.5. The van der Waals surface area contributed by atoms with Crippen molar-refractivity contribution in [2.24, 2.45) is 0 Å². The lowest BCUT2D eigenvalue weighted by Crippen LogP contribution is -2.31. The Morgan fingerprint density at radius 3 is 2.58 bits per heavy atom. The van der Waals surface area contributed by atoms with Gasteiger partial charge in [-0.05, 0) is 31.5 Å². The van der Waals surface area contributed by atoms with Crippen molar-refractivity contribution in [1.29, 1.82) is 0 Å². The lowest BCUT2D eigenvalue weighted by Gasteiger charge is -2.24. The number of nitrogens with one attached hydrogen (secondary N) is 1. The number of rotatable bonds is 8. The largest absolute Gasteiger partial charge is 0.457 e. The molecule has 2 N–H and O–H groups in total. The number of aliphatic hydroxyl groups excluding tert-OH is 1. The summed E-state index contributed by atoms with van der Waals surface area (Å²) in [6.45, 7) is 8.08. The van der Waals surface area contributed by atoms with Gasteiger partial charge in [-0.25, -0.2) is 15.0 Å². The van der Waals surface area contributed by atoms with E-state index in [1.807, 2.05) is 73.0 Å².